The van der Waals surface area contributed by atoms with E-state index < -0.39 is 49.9 Å². The second-order valence-corrected chi connectivity index (χ2v) is 12.7. The molecule has 3 aromatic carbocycles. The van der Waals surface area contributed by atoms with E-state index in [-0.39, 0.29) is 48.8 Å². The first-order valence-corrected chi connectivity index (χ1v) is 15.0. The number of carbonyl (C=O) groups is 1. The quantitative estimate of drug-likeness (QED) is 0.264. The minimum atomic E-state index is -3.61. The lowest BCUT2D eigenvalue weighted by Gasteiger charge is -2.40. The largest absolute Gasteiger partial charge is 0.373 e. The van der Waals surface area contributed by atoms with Crippen LogP contribution in [0.3, 0.4) is 0 Å². The maximum Gasteiger partial charge on any atom is 0.247 e. The standard InChI is InChI=1S/C29H32F4N4O3S/c1-18-16-34-17-29(37-18,41(2,39)40)11-10-24-25(33)4-3-5-26(24)36-27(12-19-6-8-20(30)9-7-19)28(38)35-23-14-21(31)13-22(32)15-23/h3-9,13-15,18,27,34,36-37H,10-12,16-17H2,1-2H3,(H,35,38)/t18-,27-,29-/m0/s1. The molecule has 0 unspecified atom stereocenters. The van der Waals surface area contributed by atoms with Crippen LogP contribution in [0.1, 0.15) is 24.5 Å². The smallest absolute Gasteiger partial charge is 0.247 e. The molecule has 7 nitrogen and oxygen atoms in total. The summed E-state index contributed by atoms with van der Waals surface area (Å²) >= 11 is 0. The van der Waals surface area contributed by atoms with Crippen LogP contribution in [0.5, 0.6) is 0 Å². The van der Waals surface area contributed by atoms with E-state index in [2.05, 4.69) is 21.3 Å². The minimum Gasteiger partial charge on any atom is -0.373 e. The molecule has 3 aromatic rings. The molecule has 1 amide bonds. The molecule has 1 heterocycles. The van der Waals surface area contributed by atoms with Gasteiger partial charge in [0.1, 0.15) is 34.2 Å². The Hall–Kier alpha value is -3.48. The molecule has 0 aliphatic carbocycles. The summed E-state index contributed by atoms with van der Waals surface area (Å²) in [4.78, 5) is 12.0. The zero-order valence-electron chi connectivity index (χ0n) is 22.6. The van der Waals surface area contributed by atoms with Gasteiger partial charge in [-0.2, -0.15) is 0 Å². The Labute approximate surface area is 236 Å². The molecule has 3 atom stereocenters. The van der Waals surface area contributed by atoms with Crippen molar-refractivity contribution in [1.29, 1.82) is 0 Å². The summed E-state index contributed by atoms with van der Waals surface area (Å²) in [7, 11) is -3.61. The number of piperazine rings is 1. The summed E-state index contributed by atoms with van der Waals surface area (Å²) in [5, 5.41) is 11.8. The van der Waals surface area contributed by atoms with Gasteiger partial charge in [-0.1, -0.05) is 18.2 Å². The zero-order chi connectivity index (χ0) is 29.8. The van der Waals surface area contributed by atoms with E-state index in [1.165, 1.54) is 36.4 Å². The Bertz CT molecular complexity index is 1480. The third-order valence-electron chi connectivity index (χ3n) is 7.11. The molecule has 4 rings (SSSR count). The van der Waals surface area contributed by atoms with Crippen molar-refractivity contribution in [3.8, 4) is 0 Å². The number of hydrogen-bond acceptors (Lipinski definition) is 6. The Balaban J connectivity index is 1.63. The fraction of sp³-hybridized carbons (Fsp3) is 0.345. The molecule has 0 saturated carbocycles. The maximum absolute atomic E-state index is 15.2. The van der Waals surface area contributed by atoms with Crippen molar-refractivity contribution in [3.05, 3.63) is 95.1 Å². The Kier molecular flexibility index (Phi) is 9.35. The molecule has 0 bridgehead atoms. The third kappa shape index (κ3) is 7.63. The van der Waals surface area contributed by atoms with Crippen molar-refractivity contribution in [2.45, 2.75) is 43.1 Å². The van der Waals surface area contributed by atoms with Crippen LogP contribution in [-0.2, 0) is 27.5 Å². The van der Waals surface area contributed by atoms with Gasteiger partial charge in [0.25, 0.3) is 0 Å². The SMILES string of the molecule is C[C@H]1CNC[C@](CCc2c(F)cccc2N[C@@H](Cc2ccc(F)cc2)C(=O)Nc2cc(F)cc(F)c2)(S(C)(=O)=O)N1. The van der Waals surface area contributed by atoms with Gasteiger partial charge in [-0.3, -0.25) is 10.1 Å². The molecule has 0 spiro atoms. The van der Waals surface area contributed by atoms with E-state index in [9.17, 15) is 26.4 Å². The number of carbonyl (C=O) groups excluding carboxylic acids is 1. The van der Waals surface area contributed by atoms with Gasteiger partial charge in [0, 0.05) is 54.8 Å². The molecule has 41 heavy (non-hydrogen) atoms. The van der Waals surface area contributed by atoms with Crippen LogP contribution in [0.15, 0.2) is 60.7 Å². The minimum absolute atomic E-state index is 0.0173. The summed E-state index contributed by atoms with van der Waals surface area (Å²) in [5.74, 6) is -3.49. The normalized spacial score (nSPS) is 19.9. The van der Waals surface area contributed by atoms with Gasteiger partial charge in [-0.05, 0) is 61.7 Å². The lowest BCUT2D eigenvalue weighted by atomic mass is 9.99. The average Bonchev–Trinajstić information content (AvgIpc) is 2.88. The van der Waals surface area contributed by atoms with Crippen molar-refractivity contribution >= 4 is 27.1 Å². The van der Waals surface area contributed by atoms with Crippen molar-refractivity contribution in [2.24, 2.45) is 0 Å². The predicted molar refractivity (Wildman–Crippen MR) is 150 cm³/mol. The summed E-state index contributed by atoms with van der Waals surface area (Å²) in [6, 6.07) is 11.1. The fourth-order valence-electron chi connectivity index (χ4n) is 5.01. The molecule has 4 N–H and O–H groups in total. The molecule has 1 aliphatic heterocycles. The van der Waals surface area contributed by atoms with E-state index in [0.717, 1.165) is 18.4 Å². The first-order chi connectivity index (χ1) is 19.3. The highest BCUT2D eigenvalue weighted by Gasteiger charge is 2.43. The second kappa shape index (κ2) is 12.6. The highest BCUT2D eigenvalue weighted by atomic mass is 32.2. The van der Waals surface area contributed by atoms with Gasteiger partial charge < -0.3 is 16.0 Å². The van der Waals surface area contributed by atoms with Crippen molar-refractivity contribution in [2.75, 3.05) is 30.0 Å². The van der Waals surface area contributed by atoms with Crippen molar-refractivity contribution in [3.63, 3.8) is 0 Å². The Morgan fingerprint density at radius 3 is 2.34 bits per heavy atom. The second-order valence-electron chi connectivity index (χ2n) is 10.4. The maximum atomic E-state index is 15.2. The molecule has 1 aliphatic rings. The van der Waals surface area contributed by atoms with Gasteiger partial charge in [-0.25, -0.2) is 26.0 Å². The number of nitrogens with one attached hydrogen (secondary N) is 4. The van der Waals surface area contributed by atoms with Crippen LogP contribution < -0.4 is 21.3 Å². The fourth-order valence-corrected chi connectivity index (χ4v) is 6.26. The molecule has 12 heteroatoms. The van der Waals surface area contributed by atoms with Crippen LogP contribution in [-0.4, -0.2) is 50.6 Å². The van der Waals surface area contributed by atoms with Crippen LogP contribution >= 0.6 is 0 Å². The summed E-state index contributed by atoms with van der Waals surface area (Å²) in [6.07, 6.45) is 1.23. The first kappa shape index (κ1) is 30.5. The molecule has 1 saturated heterocycles. The third-order valence-corrected chi connectivity index (χ3v) is 8.99. The lowest BCUT2D eigenvalue weighted by molar-refractivity contribution is -0.116. The molecule has 0 aromatic heterocycles. The van der Waals surface area contributed by atoms with Crippen LogP contribution in [0, 0.1) is 23.3 Å². The Morgan fingerprint density at radius 1 is 1.02 bits per heavy atom. The summed E-state index contributed by atoms with van der Waals surface area (Å²) in [6.45, 7) is 2.58. The van der Waals surface area contributed by atoms with E-state index in [1.807, 2.05) is 6.92 Å². The van der Waals surface area contributed by atoms with Gasteiger partial charge in [0.05, 0.1) is 0 Å². The van der Waals surface area contributed by atoms with Gasteiger partial charge in [-0.15, -0.1) is 0 Å². The van der Waals surface area contributed by atoms with E-state index in [4.69, 9.17) is 0 Å². The number of halogens is 4. The van der Waals surface area contributed by atoms with Crippen LogP contribution in [0.25, 0.3) is 0 Å². The number of hydrogen-bond donors (Lipinski definition) is 4. The Morgan fingerprint density at radius 2 is 1.71 bits per heavy atom. The van der Waals surface area contributed by atoms with Crippen molar-refractivity contribution in [1.82, 2.24) is 10.6 Å². The number of rotatable bonds is 10. The first-order valence-electron chi connectivity index (χ1n) is 13.1. The van der Waals surface area contributed by atoms with Gasteiger partial charge in [0.2, 0.25) is 5.91 Å². The molecule has 220 valence electrons. The van der Waals surface area contributed by atoms with E-state index >= 15 is 4.39 Å². The van der Waals surface area contributed by atoms with E-state index in [1.54, 1.807) is 6.07 Å². The lowest BCUT2D eigenvalue weighted by Crippen LogP contribution is -2.66. The molecule has 0 radical (unpaired) electrons. The van der Waals surface area contributed by atoms with Crippen LogP contribution in [0.2, 0.25) is 0 Å². The predicted octanol–water partition coefficient (Wildman–Crippen LogP) is 4.16. The zero-order valence-corrected chi connectivity index (χ0v) is 23.4. The molecular formula is C29H32F4N4O3S. The van der Waals surface area contributed by atoms with Gasteiger partial charge in [0.15, 0.2) is 9.84 Å². The summed E-state index contributed by atoms with van der Waals surface area (Å²) in [5.41, 5.74) is 0.880. The molecule has 1 fully saturated rings. The highest BCUT2D eigenvalue weighted by Crippen LogP contribution is 2.28. The highest BCUT2D eigenvalue weighted by molar-refractivity contribution is 7.92. The number of amides is 1. The number of sulfone groups is 1. The average molecular weight is 593 g/mol. The monoisotopic (exact) mass is 592 g/mol. The number of benzene rings is 3. The topological polar surface area (TPSA) is 99.3 Å². The van der Waals surface area contributed by atoms with Crippen LogP contribution in [0.4, 0.5) is 28.9 Å². The summed E-state index contributed by atoms with van der Waals surface area (Å²) < 4.78 is 81.8. The van der Waals surface area contributed by atoms with Gasteiger partial charge >= 0.3 is 0 Å². The van der Waals surface area contributed by atoms with Crippen molar-refractivity contribution < 1.29 is 30.8 Å². The molecular weight excluding hydrogens is 560 g/mol. The van der Waals surface area contributed by atoms with E-state index in [0.29, 0.717) is 18.2 Å². The number of anilines is 2.